The number of carbonyl (C=O) groups is 1. The van der Waals surface area contributed by atoms with Gasteiger partial charge in [0.2, 0.25) is 0 Å². The third kappa shape index (κ3) is 3.16. The van der Waals surface area contributed by atoms with E-state index in [4.69, 9.17) is 0 Å². The highest BCUT2D eigenvalue weighted by Gasteiger charge is 2.48. The first-order valence-electron chi connectivity index (χ1n) is 11.6. The molecule has 1 N–H and O–H groups in total. The summed E-state index contributed by atoms with van der Waals surface area (Å²) in [6, 6.07) is 34.2. The number of hydrogen-bond donors (Lipinski definition) is 1. The molecular formula is C30H25O2P. The molecule has 162 valence electrons. The molecule has 4 aromatic carbocycles. The summed E-state index contributed by atoms with van der Waals surface area (Å²) >= 11 is 0. The molecule has 0 aromatic heterocycles. The van der Waals surface area contributed by atoms with E-state index in [9.17, 15) is 9.90 Å². The van der Waals surface area contributed by atoms with Crippen LogP contribution < -0.4 is 15.9 Å². The molecule has 1 atom stereocenters. The molecule has 33 heavy (non-hydrogen) atoms. The van der Waals surface area contributed by atoms with E-state index in [1.165, 1.54) is 32.6 Å². The third-order valence-electron chi connectivity index (χ3n) is 7.38. The van der Waals surface area contributed by atoms with Crippen LogP contribution in [0, 0.1) is 0 Å². The first-order valence-corrected chi connectivity index (χ1v) is 12.9. The fourth-order valence-electron chi connectivity index (χ4n) is 6.11. The van der Waals surface area contributed by atoms with Crippen LogP contribution in [-0.2, 0) is 18.3 Å². The predicted octanol–water partition coefficient (Wildman–Crippen LogP) is 5.32. The summed E-state index contributed by atoms with van der Waals surface area (Å²) in [5, 5.41) is 14.1. The van der Waals surface area contributed by atoms with Crippen molar-refractivity contribution in [1.82, 2.24) is 0 Å². The summed E-state index contributed by atoms with van der Waals surface area (Å²) < 4.78 is 0. The Morgan fingerprint density at radius 3 is 1.79 bits per heavy atom. The van der Waals surface area contributed by atoms with E-state index in [1.54, 1.807) is 6.07 Å². The number of aromatic carboxylic acids is 1. The minimum atomic E-state index is -0.813. The van der Waals surface area contributed by atoms with Gasteiger partial charge in [0, 0.05) is 5.41 Å². The van der Waals surface area contributed by atoms with Crippen molar-refractivity contribution in [2.75, 3.05) is 0 Å². The lowest BCUT2D eigenvalue weighted by Gasteiger charge is -2.32. The fraction of sp³-hybridized carbons (Fsp3) is 0.167. The molecule has 0 fully saturated rings. The molecule has 2 aliphatic carbocycles. The van der Waals surface area contributed by atoms with E-state index in [0.29, 0.717) is 5.56 Å². The average molecular weight is 449 g/mol. The molecule has 0 radical (unpaired) electrons. The summed E-state index contributed by atoms with van der Waals surface area (Å²) in [7, 11) is -0.753. The first kappa shape index (κ1) is 20.4. The minimum Gasteiger partial charge on any atom is -0.478 e. The van der Waals surface area contributed by atoms with Gasteiger partial charge in [-0.25, -0.2) is 4.79 Å². The maximum Gasteiger partial charge on any atom is 0.336 e. The SMILES string of the molecule is O=C(O)c1cccc2c1[C@@]1(CC2)CCc2cccc(P(c3ccccc3)c3ccccc3)c21. The Kier molecular flexibility index (Phi) is 4.93. The molecule has 0 aliphatic heterocycles. The van der Waals surface area contributed by atoms with E-state index < -0.39 is 13.9 Å². The topological polar surface area (TPSA) is 37.3 Å². The van der Waals surface area contributed by atoms with Gasteiger partial charge in [-0.05, 0) is 77.8 Å². The standard InChI is InChI=1S/C30H25O2P/c31-29(32)25-15-7-9-21-17-19-30(27(21)25)20-18-22-10-8-16-26(28(22)30)33(23-11-3-1-4-12-23)24-13-5-2-6-14-24/h1-16H,17-20H2,(H,31,32)/t30-/m1/s1. The summed E-state index contributed by atoms with van der Waals surface area (Å²) in [5.74, 6) is -0.813. The van der Waals surface area contributed by atoms with Crippen molar-refractivity contribution in [3.8, 4) is 0 Å². The van der Waals surface area contributed by atoms with Gasteiger partial charge in [-0.3, -0.25) is 0 Å². The van der Waals surface area contributed by atoms with Gasteiger partial charge in [0.25, 0.3) is 0 Å². The lowest BCUT2D eigenvalue weighted by atomic mass is 9.75. The molecule has 4 aromatic rings. The smallest absolute Gasteiger partial charge is 0.336 e. The third-order valence-corrected chi connectivity index (χ3v) is 9.86. The van der Waals surface area contributed by atoms with Crippen LogP contribution >= 0.6 is 7.92 Å². The molecule has 0 unspecified atom stereocenters. The van der Waals surface area contributed by atoms with Crippen molar-refractivity contribution in [1.29, 1.82) is 0 Å². The van der Waals surface area contributed by atoms with Crippen molar-refractivity contribution >= 4 is 29.8 Å². The highest BCUT2D eigenvalue weighted by atomic mass is 31.1. The molecule has 2 nitrogen and oxygen atoms in total. The summed E-state index contributed by atoms with van der Waals surface area (Å²) in [5.41, 5.74) is 5.34. The van der Waals surface area contributed by atoms with Crippen LogP contribution in [0.4, 0.5) is 0 Å². The second kappa shape index (κ2) is 7.97. The summed E-state index contributed by atoms with van der Waals surface area (Å²) in [6.45, 7) is 0. The maximum absolute atomic E-state index is 12.3. The van der Waals surface area contributed by atoms with Gasteiger partial charge in [-0.1, -0.05) is 91.0 Å². The van der Waals surface area contributed by atoms with Crippen molar-refractivity contribution in [2.45, 2.75) is 31.1 Å². The monoisotopic (exact) mass is 448 g/mol. The fourth-order valence-corrected chi connectivity index (χ4v) is 8.72. The van der Waals surface area contributed by atoms with Gasteiger partial charge < -0.3 is 5.11 Å². The second-order valence-electron chi connectivity index (χ2n) is 9.04. The number of aryl methyl sites for hydroxylation is 2. The van der Waals surface area contributed by atoms with Crippen LogP contribution in [0.5, 0.6) is 0 Å². The molecule has 2 aliphatic rings. The van der Waals surface area contributed by atoms with Crippen molar-refractivity contribution in [3.63, 3.8) is 0 Å². The Labute approximate surface area is 195 Å². The number of fused-ring (bicyclic) bond motifs is 4. The second-order valence-corrected chi connectivity index (χ2v) is 11.2. The van der Waals surface area contributed by atoms with Crippen LogP contribution in [-0.4, -0.2) is 11.1 Å². The van der Waals surface area contributed by atoms with E-state index >= 15 is 0 Å². The highest BCUT2D eigenvalue weighted by molar-refractivity contribution is 7.79. The zero-order valence-electron chi connectivity index (χ0n) is 18.4. The van der Waals surface area contributed by atoms with E-state index in [1.807, 2.05) is 6.07 Å². The zero-order valence-corrected chi connectivity index (χ0v) is 19.3. The van der Waals surface area contributed by atoms with Crippen LogP contribution in [0.15, 0.2) is 97.1 Å². The van der Waals surface area contributed by atoms with Crippen molar-refractivity contribution in [3.05, 3.63) is 125 Å². The number of benzene rings is 4. The van der Waals surface area contributed by atoms with Gasteiger partial charge in [0.05, 0.1) is 5.56 Å². The van der Waals surface area contributed by atoms with Gasteiger partial charge in [0.1, 0.15) is 0 Å². The molecular weight excluding hydrogens is 423 g/mol. The molecule has 0 amide bonds. The Morgan fingerprint density at radius 2 is 1.21 bits per heavy atom. The van der Waals surface area contributed by atoms with Crippen molar-refractivity contribution < 1.29 is 9.90 Å². The molecule has 3 heteroatoms. The van der Waals surface area contributed by atoms with Crippen LogP contribution in [0.1, 0.15) is 45.5 Å². The molecule has 0 bridgehead atoms. The minimum absolute atomic E-state index is 0.208. The summed E-state index contributed by atoms with van der Waals surface area (Å²) in [4.78, 5) is 12.3. The molecule has 1 spiro atoms. The normalized spacial score (nSPS) is 18.5. The van der Waals surface area contributed by atoms with Crippen LogP contribution in [0.25, 0.3) is 0 Å². The number of rotatable bonds is 4. The highest BCUT2D eigenvalue weighted by Crippen LogP contribution is 2.54. The Bertz CT molecular complexity index is 1300. The molecule has 0 saturated heterocycles. The van der Waals surface area contributed by atoms with Gasteiger partial charge >= 0.3 is 5.97 Å². The molecule has 0 saturated carbocycles. The van der Waals surface area contributed by atoms with Crippen molar-refractivity contribution in [2.24, 2.45) is 0 Å². The quantitative estimate of drug-likeness (QED) is 0.429. The average Bonchev–Trinajstić information content (AvgIpc) is 3.43. The van der Waals surface area contributed by atoms with E-state index in [-0.39, 0.29) is 5.41 Å². The Morgan fingerprint density at radius 1 is 0.667 bits per heavy atom. The van der Waals surface area contributed by atoms with Gasteiger partial charge in [-0.2, -0.15) is 0 Å². The Hall–Kier alpha value is -3.22. The molecule has 6 rings (SSSR count). The summed E-state index contributed by atoms with van der Waals surface area (Å²) in [6.07, 6.45) is 3.93. The lowest BCUT2D eigenvalue weighted by Crippen LogP contribution is -2.32. The van der Waals surface area contributed by atoms with E-state index in [2.05, 4.69) is 84.9 Å². The first-order chi connectivity index (χ1) is 16.2. The predicted molar refractivity (Wildman–Crippen MR) is 136 cm³/mol. The number of hydrogen-bond acceptors (Lipinski definition) is 1. The van der Waals surface area contributed by atoms with E-state index in [0.717, 1.165) is 31.2 Å². The number of carboxylic acids is 1. The van der Waals surface area contributed by atoms with Gasteiger partial charge in [-0.15, -0.1) is 0 Å². The Balaban J connectivity index is 1.63. The number of carboxylic acid groups (broad SMARTS) is 1. The molecule has 0 heterocycles. The largest absolute Gasteiger partial charge is 0.478 e. The van der Waals surface area contributed by atoms with Gasteiger partial charge in [0.15, 0.2) is 0 Å². The van der Waals surface area contributed by atoms with Crippen LogP contribution in [0.2, 0.25) is 0 Å². The zero-order chi connectivity index (χ0) is 22.4. The van der Waals surface area contributed by atoms with Crippen LogP contribution in [0.3, 0.4) is 0 Å². The lowest BCUT2D eigenvalue weighted by molar-refractivity contribution is 0.0694. The maximum atomic E-state index is 12.3.